The van der Waals surface area contributed by atoms with Crippen LogP contribution < -0.4 is 10.2 Å². The maximum atomic E-state index is 11.4. The number of carbonyl (C=O) groups excluding carboxylic acids is 1. The summed E-state index contributed by atoms with van der Waals surface area (Å²) in [6.07, 6.45) is 1.58. The van der Waals surface area contributed by atoms with Gasteiger partial charge in [0.15, 0.2) is 0 Å². The number of nitrogens with one attached hydrogen (secondary N) is 1. The van der Waals surface area contributed by atoms with Crippen LogP contribution in [0.5, 0.6) is 0 Å². The molecule has 126 valence electrons. The Morgan fingerprint density at radius 3 is 2.58 bits per heavy atom. The van der Waals surface area contributed by atoms with Crippen LogP contribution in [-0.2, 0) is 4.79 Å². The van der Waals surface area contributed by atoms with E-state index in [-0.39, 0.29) is 5.91 Å². The molecule has 6 nitrogen and oxygen atoms in total. The van der Waals surface area contributed by atoms with E-state index in [1.807, 2.05) is 17.0 Å². The first-order chi connectivity index (χ1) is 11.5. The van der Waals surface area contributed by atoms with E-state index in [4.69, 9.17) is 0 Å². The van der Waals surface area contributed by atoms with E-state index >= 15 is 0 Å². The lowest BCUT2D eigenvalue weighted by molar-refractivity contribution is -0.129. The van der Waals surface area contributed by atoms with Crippen molar-refractivity contribution in [3.8, 4) is 0 Å². The summed E-state index contributed by atoms with van der Waals surface area (Å²) in [6, 6.07) is 8.15. The fourth-order valence-electron chi connectivity index (χ4n) is 2.86. The van der Waals surface area contributed by atoms with Crippen LogP contribution in [0.2, 0.25) is 0 Å². The first-order valence-corrected chi connectivity index (χ1v) is 8.20. The van der Waals surface area contributed by atoms with Crippen LogP contribution in [0.4, 0.5) is 17.3 Å². The Morgan fingerprint density at radius 1 is 1.12 bits per heavy atom. The van der Waals surface area contributed by atoms with Crippen molar-refractivity contribution >= 4 is 23.2 Å². The number of benzene rings is 1. The van der Waals surface area contributed by atoms with Crippen molar-refractivity contribution in [3.05, 3.63) is 41.7 Å². The number of aryl methyl sites for hydroxylation is 1. The molecular weight excluding hydrogens is 302 g/mol. The molecule has 1 aromatic heterocycles. The monoisotopic (exact) mass is 325 g/mol. The number of carbonyl (C=O) groups is 1. The number of anilines is 3. The van der Waals surface area contributed by atoms with Gasteiger partial charge in [-0.1, -0.05) is 12.1 Å². The molecule has 2 aromatic rings. The maximum absolute atomic E-state index is 11.4. The normalized spacial score (nSPS) is 14.6. The van der Waals surface area contributed by atoms with E-state index in [1.54, 1.807) is 13.3 Å². The molecule has 1 N–H and O–H groups in total. The van der Waals surface area contributed by atoms with E-state index < -0.39 is 0 Å². The highest BCUT2D eigenvalue weighted by Gasteiger charge is 2.19. The quantitative estimate of drug-likeness (QED) is 0.939. The van der Waals surface area contributed by atoms with Crippen molar-refractivity contribution in [2.75, 3.05) is 36.4 Å². The van der Waals surface area contributed by atoms with E-state index in [9.17, 15) is 4.79 Å². The molecule has 3 rings (SSSR count). The summed E-state index contributed by atoms with van der Waals surface area (Å²) in [4.78, 5) is 24.2. The minimum absolute atomic E-state index is 0.134. The highest BCUT2D eigenvalue weighted by atomic mass is 16.2. The fraction of sp³-hybridized carbons (Fsp3) is 0.389. The molecule has 0 aliphatic carbocycles. The zero-order chi connectivity index (χ0) is 17.1. The third kappa shape index (κ3) is 3.48. The van der Waals surface area contributed by atoms with Gasteiger partial charge >= 0.3 is 0 Å². The molecule has 1 aliphatic heterocycles. The number of aromatic nitrogens is 2. The predicted molar refractivity (Wildman–Crippen MR) is 95.7 cm³/mol. The predicted octanol–water partition coefficient (Wildman–Crippen LogP) is 2.51. The van der Waals surface area contributed by atoms with Gasteiger partial charge in [-0.2, -0.15) is 0 Å². The second kappa shape index (κ2) is 6.86. The summed E-state index contributed by atoms with van der Waals surface area (Å²) >= 11 is 0. The highest BCUT2D eigenvalue weighted by Crippen LogP contribution is 2.23. The minimum Gasteiger partial charge on any atom is -0.353 e. The van der Waals surface area contributed by atoms with Crippen molar-refractivity contribution in [1.82, 2.24) is 14.9 Å². The molecule has 0 bridgehead atoms. The van der Waals surface area contributed by atoms with Gasteiger partial charge in [0.1, 0.15) is 18.0 Å². The molecule has 1 aromatic carbocycles. The van der Waals surface area contributed by atoms with Crippen molar-refractivity contribution in [2.24, 2.45) is 0 Å². The number of nitrogens with zero attached hydrogens (tertiary/aromatic N) is 4. The second-order valence-electron chi connectivity index (χ2n) is 6.13. The Balaban J connectivity index is 1.73. The fourth-order valence-corrected chi connectivity index (χ4v) is 2.86. The average molecular weight is 325 g/mol. The lowest BCUT2D eigenvalue weighted by atomic mass is 10.1. The van der Waals surface area contributed by atoms with E-state index in [0.29, 0.717) is 0 Å². The highest BCUT2D eigenvalue weighted by molar-refractivity contribution is 5.73. The van der Waals surface area contributed by atoms with E-state index in [2.05, 4.69) is 46.2 Å². The van der Waals surface area contributed by atoms with Gasteiger partial charge in [-0.25, -0.2) is 9.97 Å². The van der Waals surface area contributed by atoms with Gasteiger partial charge in [0.25, 0.3) is 0 Å². The minimum atomic E-state index is 0.134. The zero-order valence-electron chi connectivity index (χ0n) is 14.4. The molecule has 0 radical (unpaired) electrons. The molecule has 1 amide bonds. The number of hydrogen-bond donors (Lipinski definition) is 1. The Bertz CT molecular complexity index is 738. The molecule has 2 heterocycles. The topological polar surface area (TPSA) is 61.4 Å². The summed E-state index contributed by atoms with van der Waals surface area (Å²) in [6.45, 7) is 8.87. The maximum Gasteiger partial charge on any atom is 0.219 e. The van der Waals surface area contributed by atoms with Gasteiger partial charge in [0.2, 0.25) is 5.91 Å². The Morgan fingerprint density at radius 2 is 1.88 bits per heavy atom. The van der Waals surface area contributed by atoms with Crippen LogP contribution in [-0.4, -0.2) is 47.0 Å². The van der Waals surface area contributed by atoms with Crippen LogP contribution in [0.15, 0.2) is 30.6 Å². The van der Waals surface area contributed by atoms with Gasteiger partial charge in [-0.15, -0.1) is 0 Å². The molecular formula is C18H23N5O. The molecule has 1 saturated heterocycles. The van der Waals surface area contributed by atoms with Crippen molar-refractivity contribution in [2.45, 2.75) is 20.8 Å². The lowest BCUT2D eigenvalue weighted by Crippen LogP contribution is -2.48. The third-order valence-corrected chi connectivity index (χ3v) is 4.57. The van der Waals surface area contributed by atoms with Crippen molar-refractivity contribution in [3.63, 3.8) is 0 Å². The molecule has 0 atom stereocenters. The Kier molecular flexibility index (Phi) is 4.64. The first kappa shape index (κ1) is 16.2. The van der Waals surface area contributed by atoms with Gasteiger partial charge in [-0.3, -0.25) is 4.79 Å². The largest absolute Gasteiger partial charge is 0.353 e. The summed E-state index contributed by atoms with van der Waals surface area (Å²) < 4.78 is 0. The molecule has 0 spiro atoms. The molecule has 1 aliphatic rings. The SMILES string of the molecule is CC(=O)N1CCN(c2cc(Nc3cccc(C)c3C)ncn2)CC1. The van der Waals surface area contributed by atoms with Gasteiger partial charge in [-0.05, 0) is 31.0 Å². The third-order valence-electron chi connectivity index (χ3n) is 4.57. The molecule has 0 saturated carbocycles. The number of hydrogen-bond acceptors (Lipinski definition) is 5. The van der Waals surface area contributed by atoms with Crippen LogP contribution in [0, 0.1) is 13.8 Å². The Labute approximate surface area is 142 Å². The number of piperazine rings is 1. The Hall–Kier alpha value is -2.63. The molecule has 24 heavy (non-hydrogen) atoms. The summed E-state index contributed by atoms with van der Waals surface area (Å²) in [5.41, 5.74) is 3.52. The van der Waals surface area contributed by atoms with Crippen LogP contribution in [0.3, 0.4) is 0 Å². The smallest absolute Gasteiger partial charge is 0.219 e. The van der Waals surface area contributed by atoms with Crippen LogP contribution in [0.1, 0.15) is 18.1 Å². The van der Waals surface area contributed by atoms with Gasteiger partial charge in [0.05, 0.1) is 0 Å². The standard InChI is InChI=1S/C18H23N5O/c1-13-5-4-6-16(14(13)2)21-17-11-18(20-12-19-17)23-9-7-22(8-10-23)15(3)24/h4-6,11-12H,7-10H2,1-3H3,(H,19,20,21). The van der Waals surface area contributed by atoms with Crippen molar-refractivity contribution in [1.29, 1.82) is 0 Å². The van der Waals surface area contributed by atoms with Crippen LogP contribution in [0.25, 0.3) is 0 Å². The summed E-state index contributed by atoms with van der Waals surface area (Å²) in [5.74, 6) is 1.80. The number of amides is 1. The average Bonchev–Trinajstić information content (AvgIpc) is 2.59. The summed E-state index contributed by atoms with van der Waals surface area (Å²) in [7, 11) is 0. The molecule has 1 fully saturated rings. The van der Waals surface area contributed by atoms with Gasteiger partial charge in [0, 0.05) is 44.9 Å². The van der Waals surface area contributed by atoms with Crippen LogP contribution >= 0.6 is 0 Å². The van der Waals surface area contributed by atoms with Gasteiger partial charge < -0.3 is 15.1 Å². The molecule has 6 heteroatoms. The van der Waals surface area contributed by atoms with E-state index in [0.717, 1.165) is 43.5 Å². The lowest BCUT2D eigenvalue weighted by Gasteiger charge is -2.34. The summed E-state index contributed by atoms with van der Waals surface area (Å²) in [5, 5.41) is 3.38. The number of rotatable bonds is 3. The second-order valence-corrected chi connectivity index (χ2v) is 6.13. The first-order valence-electron chi connectivity index (χ1n) is 8.20. The van der Waals surface area contributed by atoms with Crippen molar-refractivity contribution < 1.29 is 4.79 Å². The zero-order valence-corrected chi connectivity index (χ0v) is 14.4. The van der Waals surface area contributed by atoms with E-state index in [1.165, 1.54) is 11.1 Å². The molecule has 0 unspecified atom stereocenters.